The number of nitrogens with zero attached hydrogens (tertiary/aromatic N) is 3. The van der Waals surface area contributed by atoms with Crippen LogP contribution < -0.4 is 5.73 Å². The zero-order valence-corrected chi connectivity index (χ0v) is 10.3. The Morgan fingerprint density at radius 2 is 1.89 bits per heavy atom. The molecule has 0 unspecified atom stereocenters. The summed E-state index contributed by atoms with van der Waals surface area (Å²) in [4.78, 5) is 10.9. The van der Waals surface area contributed by atoms with Gasteiger partial charge in [-0.3, -0.25) is 0 Å². The molecule has 94 valence electrons. The summed E-state index contributed by atoms with van der Waals surface area (Å²) in [5, 5.41) is 0. The minimum absolute atomic E-state index is 0.109. The zero-order valence-electron chi connectivity index (χ0n) is 8.74. The molecule has 0 fully saturated rings. The van der Waals surface area contributed by atoms with E-state index in [-0.39, 0.29) is 17.3 Å². The first kappa shape index (κ1) is 12.7. The highest BCUT2D eigenvalue weighted by Gasteiger charge is 2.34. The molecule has 1 aromatic heterocycles. The maximum Gasteiger partial charge on any atom is 0.417 e. The molecule has 2 aromatic rings. The third-order valence-corrected chi connectivity index (χ3v) is 2.61. The van der Waals surface area contributed by atoms with Gasteiger partial charge in [0.1, 0.15) is 6.33 Å². The second-order valence-electron chi connectivity index (χ2n) is 3.35. The van der Waals surface area contributed by atoms with Crippen molar-refractivity contribution in [1.29, 1.82) is 0 Å². The van der Waals surface area contributed by atoms with E-state index >= 15 is 0 Å². The van der Waals surface area contributed by atoms with E-state index in [2.05, 4.69) is 30.9 Å². The van der Waals surface area contributed by atoms with E-state index < -0.39 is 11.7 Å². The summed E-state index contributed by atoms with van der Waals surface area (Å²) in [6, 6.07) is 3.72. The average molecular weight is 319 g/mol. The summed E-state index contributed by atoms with van der Waals surface area (Å²) >= 11 is 3.00. The molecule has 4 nitrogen and oxygen atoms in total. The first-order valence-electron chi connectivity index (χ1n) is 4.69. The molecule has 18 heavy (non-hydrogen) atoms. The van der Waals surface area contributed by atoms with Crippen molar-refractivity contribution in [2.24, 2.45) is 0 Å². The second kappa shape index (κ2) is 4.52. The first-order chi connectivity index (χ1) is 8.38. The predicted octanol–water partition coefficient (Wildman–Crippen LogP) is 2.90. The normalized spacial score (nSPS) is 11.6. The molecule has 0 spiro atoms. The SMILES string of the molecule is Nc1ncnc(-c2ccc(Br)cc2C(F)(F)F)n1. The topological polar surface area (TPSA) is 64.7 Å². The Kier molecular flexibility index (Phi) is 3.20. The molecule has 0 saturated carbocycles. The second-order valence-corrected chi connectivity index (χ2v) is 4.27. The molecule has 0 aliphatic heterocycles. The van der Waals surface area contributed by atoms with Gasteiger partial charge in [0, 0.05) is 10.0 Å². The van der Waals surface area contributed by atoms with Crippen molar-refractivity contribution in [3.63, 3.8) is 0 Å². The predicted molar refractivity (Wildman–Crippen MR) is 62.4 cm³/mol. The monoisotopic (exact) mass is 318 g/mol. The van der Waals surface area contributed by atoms with E-state index in [1.165, 1.54) is 12.1 Å². The summed E-state index contributed by atoms with van der Waals surface area (Å²) in [6.07, 6.45) is -3.43. The van der Waals surface area contributed by atoms with Crippen LogP contribution in [0.3, 0.4) is 0 Å². The highest BCUT2D eigenvalue weighted by Crippen LogP contribution is 2.37. The lowest BCUT2D eigenvalue weighted by molar-refractivity contribution is -0.137. The first-order valence-corrected chi connectivity index (χ1v) is 5.49. The van der Waals surface area contributed by atoms with Gasteiger partial charge in [0.15, 0.2) is 5.82 Å². The summed E-state index contributed by atoms with van der Waals surface area (Å²) < 4.78 is 39.0. The van der Waals surface area contributed by atoms with Crippen LogP contribution in [0.1, 0.15) is 5.56 Å². The lowest BCUT2D eigenvalue weighted by atomic mass is 10.1. The standard InChI is InChI=1S/C10H6BrF3N4/c11-5-1-2-6(7(3-5)10(12,13)14)8-16-4-17-9(15)18-8/h1-4H,(H2,15,16,17,18). The van der Waals surface area contributed by atoms with Gasteiger partial charge in [-0.2, -0.15) is 18.2 Å². The summed E-state index contributed by atoms with van der Waals surface area (Å²) in [7, 11) is 0. The van der Waals surface area contributed by atoms with Crippen molar-refractivity contribution >= 4 is 21.9 Å². The number of anilines is 1. The quantitative estimate of drug-likeness (QED) is 0.878. The number of hydrogen-bond donors (Lipinski definition) is 1. The van der Waals surface area contributed by atoms with Gasteiger partial charge in [0.2, 0.25) is 5.95 Å². The van der Waals surface area contributed by atoms with Crippen LogP contribution in [0, 0.1) is 0 Å². The Labute approximate surface area is 108 Å². The minimum Gasteiger partial charge on any atom is -0.368 e. The van der Waals surface area contributed by atoms with Gasteiger partial charge in [-0.25, -0.2) is 9.97 Å². The number of benzene rings is 1. The minimum atomic E-state index is -4.50. The van der Waals surface area contributed by atoms with Crippen LogP contribution in [-0.4, -0.2) is 15.0 Å². The van der Waals surface area contributed by atoms with Crippen molar-refractivity contribution < 1.29 is 13.2 Å². The van der Waals surface area contributed by atoms with Crippen LogP contribution >= 0.6 is 15.9 Å². The number of halogens is 4. The summed E-state index contributed by atoms with van der Waals surface area (Å²) in [6.45, 7) is 0. The third-order valence-electron chi connectivity index (χ3n) is 2.12. The van der Waals surface area contributed by atoms with Crippen LogP contribution in [0.15, 0.2) is 29.0 Å². The van der Waals surface area contributed by atoms with Gasteiger partial charge in [-0.15, -0.1) is 0 Å². The van der Waals surface area contributed by atoms with Gasteiger partial charge in [0.05, 0.1) is 5.56 Å². The summed E-state index contributed by atoms with van der Waals surface area (Å²) in [5.41, 5.74) is 4.36. The Balaban J connectivity index is 2.64. The molecule has 0 aliphatic carbocycles. The van der Waals surface area contributed by atoms with Crippen LogP contribution in [0.4, 0.5) is 19.1 Å². The average Bonchev–Trinajstić information content (AvgIpc) is 2.27. The van der Waals surface area contributed by atoms with Crippen molar-refractivity contribution in [3.05, 3.63) is 34.6 Å². The fourth-order valence-electron chi connectivity index (χ4n) is 1.38. The smallest absolute Gasteiger partial charge is 0.368 e. The van der Waals surface area contributed by atoms with Gasteiger partial charge in [-0.05, 0) is 18.2 Å². The number of hydrogen-bond acceptors (Lipinski definition) is 4. The van der Waals surface area contributed by atoms with E-state index in [4.69, 9.17) is 5.73 Å². The van der Waals surface area contributed by atoms with Crippen molar-refractivity contribution in [2.45, 2.75) is 6.18 Å². The molecule has 0 atom stereocenters. The molecule has 0 aliphatic rings. The molecule has 8 heteroatoms. The largest absolute Gasteiger partial charge is 0.417 e. The molecular weight excluding hydrogens is 313 g/mol. The Morgan fingerprint density at radius 3 is 2.50 bits per heavy atom. The number of aromatic nitrogens is 3. The van der Waals surface area contributed by atoms with Gasteiger partial charge in [0.25, 0.3) is 0 Å². The van der Waals surface area contributed by atoms with Gasteiger partial charge >= 0.3 is 6.18 Å². The Morgan fingerprint density at radius 1 is 1.17 bits per heavy atom. The van der Waals surface area contributed by atoms with Crippen LogP contribution in [-0.2, 0) is 6.18 Å². The fraction of sp³-hybridized carbons (Fsp3) is 0.100. The van der Waals surface area contributed by atoms with E-state index in [9.17, 15) is 13.2 Å². The summed E-state index contributed by atoms with van der Waals surface area (Å²) in [5.74, 6) is -0.238. The van der Waals surface area contributed by atoms with Gasteiger partial charge < -0.3 is 5.73 Å². The zero-order chi connectivity index (χ0) is 13.3. The molecule has 0 saturated heterocycles. The molecule has 1 heterocycles. The van der Waals surface area contributed by atoms with E-state index in [0.717, 1.165) is 12.4 Å². The van der Waals surface area contributed by atoms with E-state index in [1.807, 2.05) is 0 Å². The molecule has 0 bridgehead atoms. The number of nitrogen functional groups attached to an aromatic ring is 1. The highest BCUT2D eigenvalue weighted by atomic mass is 79.9. The van der Waals surface area contributed by atoms with Crippen molar-refractivity contribution in [2.75, 3.05) is 5.73 Å². The third kappa shape index (κ3) is 2.58. The van der Waals surface area contributed by atoms with Crippen LogP contribution in [0.2, 0.25) is 0 Å². The molecule has 1 aromatic carbocycles. The van der Waals surface area contributed by atoms with Crippen LogP contribution in [0.25, 0.3) is 11.4 Å². The molecule has 2 N–H and O–H groups in total. The van der Waals surface area contributed by atoms with Crippen molar-refractivity contribution in [3.8, 4) is 11.4 Å². The lowest BCUT2D eigenvalue weighted by Gasteiger charge is -2.12. The maximum atomic E-state index is 12.9. The molecule has 0 radical (unpaired) electrons. The number of nitrogens with two attached hydrogens (primary N) is 1. The number of alkyl halides is 3. The molecule has 2 rings (SSSR count). The van der Waals surface area contributed by atoms with Crippen molar-refractivity contribution in [1.82, 2.24) is 15.0 Å². The van der Waals surface area contributed by atoms with Crippen LogP contribution in [0.5, 0.6) is 0 Å². The lowest BCUT2D eigenvalue weighted by Crippen LogP contribution is -2.09. The maximum absolute atomic E-state index is 12.9. The van der Waals surface area contributed by atoms with E-state index in [0.29, 0.717) is 4.47 Å². The highest BCUT2D eigenvalue weighted by molar-refractivity contribution is 9.10. The Hall–Kier alpha value is -1.70. The Bertz CT molecular complexity index is 586. The van der Waals surface area contributed by atoms with E-state index in [1.54, 1.807) is 0 Å². The van der Waals surface area contributed by atoms with Gasteiger partial charge in [-0.1, -0.05) is 15.9 Å². The fourth-order valence-corrected chi connectivity index (χ4v) is 1.75. The molecule has 0 amide bonds. The number of rotatable bonds is 1. The molecular formula is C10H6BrF3N4.